The Bertz CT molecular complexity index is 490. The topological polar surface area (TPSA) is 78.4 Å². The van der Waals surface area contributed by atoms with Crippen molar-refractivity contribution in [2.75, 3.05) is 11.9 Å². The number of piperidine rings is 1. The minimum atomic E-state index is -1.23. The lowest BCUT2D eigenvalue weighted by Gasteiger charge is -2.24. The summed E-state index contributed by atoms with van der Waals surface area (Å²) in [5.74, 6) is -2.14. The zero-order valence-electron chi connectivity index (χ0n) is 9.57. The zero-order valence-corrected chi connectivity index (χ0v) is 9.57. The van der Waals surface area contributed by atoms with Gasteiger partial charge in [-0.25, -0.2) is 9.18 Å². The standard InChI is InChI=1S/C12H13FN2O3/c13-8-4-1-3-7(12(17)18)10(8)15-9-5-2-6-14-11(9)16/h1,3-4,9,15H,2,5-6H2,(H,14,16)(H,17,18). The number of benzene rings is 1. The molecule has 1 saturated heterocycles. The van der Waals surface area contributed by atoms with Crippen LogP contribution in [0.5, 0.6) is 0 Å². The van der Waals surface area contributed by atoms with Crippen molar-refractivity contribution in [2.45, 2.75) is 18.9 Å². The van der Waals surface area contributed by atoms with Gasteiger partial charge in [0.05, 0.1) is 11.3 Å². The molecule has 1 fully saturated rings. The maximum Gasteiger partial charge on any atom is 0.337 e. The first-order valence-electron chi connectivity index (χ1n) is 5.65. The molecule has 1 aliphatic heterocycles. The first kappa shape index (κ1) is 12.3. The van der Waals surface area contributed by atoms with Gasteiger partial charge in [0, 0.05) is 6.54 Å². The van der Waals surface area contributed by atoms with Crippen LogP contribution in [-0.2, 0) is 4.79 Å². The highest BCUT2D eigenvalue weighted by molar-refractivity contribution is 5.95. The summed E-state index contributed by atoms with van der Waals surface area (Å²) in [6.07, 6.45) is 1.33. The van der Waals surface area contributed by atoms with E-state index in [9.17, 15) is 14.0 Å². The summed E-state index contributed by atoms with van der Waals surface area (Å²) in [5, 5.41) is 14.3. The molecule has 1 heterocycles. The number of anilines is 1. The van der Waals surface area contributed by atoms with Crippen LogP contribution in [0.25, 0.3) is 0 Å². The molecule has 2 rings (SSSR count). The summed E-state index contributed by atoms with van der Waals surface area (Å²) in [6, 6.07) is 3.20. The summed E-state index contributed by atoms with van der Waals surface area (Å²) in [7, 11) is 0. The molecule has 0 aliphatic carbocycles. The molecule has 0 spiro atoms. The first-order valence-corrected chi connectivity index (χ1v) is 5.65. The average molecular weight is 252 g/mol. The lowest BCUT2D eigenvalue weighted by molar-refractivity contribution is -0.123. The summed E-state index contributed by atoms with van der Waals surface area (Å²) in [5.41, 5.74) is -0.305. The monoisotopic (exact) mass is 252 g/mol. The largest absolute Gasteiger partial charge is 0.478 e. The second-order valence-corrected chi connectivity index (χ2v) is 4.10. The Balaban J connectivity index is 2.27. The Hall–Kier alpha value is -2.11. The van der Waals surface area contributed by atoms with Gasteiger partial charge in [-0.1, -0.05) is 6.07 Å². The van der Waals surface area contributed by atoms with Gasteiger partial charge in [0.15, 0.2) is 0 Å². The van der Waals surface area contributed by atoms with E-state index in [4.69, 9.17) is 5.11 Å². The minimum absolute atomic E-state index is 0.132. The number of rotatable bonds is 3. The van der Waals surface area contributed by atoms with E-state index >= 15 is 0 Å². The predicted molar refractivity (Wildman–Crippen MR) is 63.0 cm³/mol. The molecular formula is C12H13FN2O3. The van der Waals surface area contributed by atoms with Crippen molar-refractivity contribution >= 4 is 17.6 Å². The number of carbonyl (C=O) groups excluding carboxylic acids is 1. The first-order chi connectivity index (χ1) is 8.59. The molecule has 5 nitrogen and oxygen atoms in total. The normalized spacial score (nSPS) is 19.2. The van der Waals surface area contributed by atoms with Crippen LogP contribution in [0.2, 0.25) is 0 Å². The lowest BCUT2D eigenvalue weighted by atomic mass is 10.0. The number of halogens is 1. The van der Waals surface area contributed by atoms with E-state index in [1.165, 1.54) is 12.1 Å². The summed E-state index contributed by atoms with van der Waals surface area (Å²) in [4.78, 5) is 22.5. The van der Waals surface area contributed by atoms with Gasteiger partial charge in [0.2, 0.25) is 5.91 Å². The fourth-order valence-electron chi connectivity index (χ4n) is 1.93. The molecule has 0 saturated carbocycles. The Morgan fingerprint density at radius 1 is 1.50 bits per heavy atom. The maximum atomic E-state index is 13.6. The van der Waals surface area contributed by atoms with Crippen molar-refractivity contribution in [1.29, 1.82) is 0 Å². The van der Waals surface area contributed by atoms with E-state index in [0.717, 1.165) is 12.5 Å². The van der Waals surface area contributed by atoms with Gasteiger partial charge >= 0.3 is 5.97 Å². The molecule has 6 heteroatoms. The molecule has 1 unspecified atom stereocenters. The lowest BCUT2D eigenvalue weighted by Crippen LogP contribution is -2.44. The van der Waals surface area contributed by atoms with E-state index in [0.29, 0.717) is 13.0 Å². The van der Waals surface area contributed by atoms with Gasteiger partial charge < -0.3 is 15.7 Å². The number of amides is 1. The molecule has 0 radical (unpaired) electrons. The highest BCUT2D eigenvalue weighted by Gasteiger charge is 2.24. The van der Waals surface area contributed by atoms with Crippen LogP contribution in [0.1, 0.15) is 23.2 Å². The van der Waals surface area contributed by atoms with Gasteiger partial charge in [-0.05, 0) is 25.0 Å². The Kier molecular flexibility index (Phi) is 3.45. The van der Waals surface area contributed by atoms with Crippen LogP contribution in [0.4, 0.5) is 10.1 Å². The van der Waals surface area contributed by atoms with E-state index in [1.807, 2.05) is 0 Å². The van der Waals surface area contributed by atoms with Gasteiger partial charge in [0.1, 0.15) is 11.9 Å². The number of aromatic carboxylic acids is 1. The Morgan fingerprint density at radius 2 is 2.28 bits per heavy atom. The zero-order chi connectivity index (χ0) is 13.1. The number of nitrogens with one attached hydrogen (secondary N) is 2. The number of hydrogen-bond donors (Lipinski definition) is 3. The SMILES string of the molecule is O=C(O)c1cccc(F)c1NC1CCCNC1=O. The van der Waals surface area contributed by atoms with Gasteiger partial charge in [-0.15, -0.1) is 0 Å². The van der Waals surface area contributed by atoms with E-state index in [-0.39, 0.29) is 17.2 Å². The van der Waals surface area contributed by atoms with E-state index < -0.39 is 17.8 Å². The minimum Gasteiger partial charge on any atom is -0.478 e. The highest BCUT2D eigenvalue weighted by Crippen LogP contribution is 2.22. The third-order valence-corrected chi connectivity index (χ3v) is 2.85. The van der Waals surface area contributed by atoms with Crippen molar-refractivity contribution in [3.63, 3.8) is 0 Å². The van der Waals surface area contributed by atoms with E-state index in [2.05, 4.69) is 10.6 Å². The van der Waals surface area contributed by atoms with Crippen LogP contribution in [0.3, 0.4) is 0 Å². The van der Waals surface area contributed by atoms with Gasteiger partial charge in [-0.2, -0.15) is 0 Å². The quantitative estimate of drug-likeness (QED) is 0.755. The van der Waals surface area contributed by atoms with Crippen molar-refractivity contribution in [3.8, 4) is 0 Å². The molecule has 3 N–H and O–H groups in total. The van der Waals surface area contributed by atoms with Crippen molar-refractivity contribution < 1.29 is 19.1 Å². The van der Waals surface area contributed by atoms with Crippen molar-refractivity contribution in [3.05, 3.63) is 29.6 Å². The fraction of sp³-hybridized carbons (Fsp3) is 0.333. The fourth-order valence-corrected chi connectivity index (χ4v) is 1.93. The maximum absolute atomic E-state index is 13.6. The van der Waals surface area contributed by atoms with Gasteiger partial charge in [0.25, 0.3) is 0 Å². The van der Waals surface area contributed by atoms with Crippen LogP contribution >= 0.6 is 0 Å². The number of carbonyl (C=O) groups is 2. The molecule has 1 aromatic rings. The van der Waals surface area contributed by atoms with E-state index in [1.54, 1.807) is 0 Å². The number of carboxylic acids is 1. The highest BCUT2D eigenvalue weighted by atomic mass is 19.1. The van der Waals surface area contributed by atoms with Gasteiger partial charge in [-0.3, -0.25) is 4.79 Å². The summed E-state index contributed by atoms with van der Waals surface area (Å²) >= 11 is 0. The predicted octanol–water partition coefficient (Wildman–Crippen LogP) is 1.21. The number of para-hydroxylation sites is 1. The molecule has 0 bridgehead atoms. The molecule has 18 heavy (non-hydrogen) atoms. The smallest absolute Gasteiger partial charge is 0.337 e. The molecule has 1 aliphatic rings. The molecular weight excluding hydrogens is 239 g/mol. The third-order valence-electron chi connectivity index (χ3n) is 2.85. The van der Waals surface area contributed by atoms with Crippen LogP contribution in [0, 0.1) is 5.82 Å². The van der Waals surface area contributed by atoms with Crippen LogP contribution in [0.15, 0.2) is 18.2 Å². The molecule has 1 amide bonds. The van der Waals surface area contributed by atoms with Crippen molar-refractivity contribution in [2.24, 2.45) is 0 Å². The van der Waals surface area contributed by atoms with Crippen LogP contribution in [-0.4, -0.2) is 29.6 Å². The average Bonchev–Trinajstić information content (AvgIpc) is 2.34. The molecule has 96 valence electrons. The Labute approximate surface area is 103 Å². The summed E-state index contributed by atoms with van der Waals surface area (Å²) < 4.78 is 13.6. The molecule has 1 aromatic carbocycles. The number of carboxylic acid groups (broad SMARTS) is 1. The summed E-state index contributed by atoms with van der Waals surface area (Å²) in [6.45, 7) is 0.597. The number of hydrogen-bond acceptors (Lipinski definition) is 3. The third kappa shape index (κ3) is 2.42. The van der Waals surface area contributed by atoms with Crippen molar-refractivity contribution in [1.82, 2.24) is 5.32 Å². The van der Waals surface area contributed by atoms with Crippen LogP contribution < -0.4 is 10.6 Å². The second-order valence-electron chi connectivity index (χ2n) is 4.10. The molecule has 1 atom stereocenters. The molecule has 0 aromatic heterocycles. The Morgan fingerprint density at radius 3 is 2.94 bits per heavy atom. The second kappa shape index (κ2) is 5.03.